The normalized spacial score (nSPS) is 21.1. The zero-order valence-corrected chi connectivity index (χ0v) is 18.4. The Labute approximate surface area is 185 Å². The highest BCUT2D eigenvalue weighted by Gasteiger charge is 2.39. The van der Waals surface area contributed by atoms with Gasteiger partial charge in [0.15, 0.2) is 0 Å². The average molecular weight is 476 g/mol. The molecule has 2 aliphatic heterocycles. The molecule has 2 aliphatic rings. The van der Waals surface area contributed by atoms with Crippen LogP contribution in [0.3, 0.4) is 0 Å². The number of piperidine rings is 1. The predicted molar refractivity (Wildman–Crippen MR) is 111 cm³/mol. The van der Waals surface area contributed by atoms with E-state index in [0.717, 1.165) is 18.2 Å². The molecule has 2 amide bonds. The largest absolute Gasteiger partial charge is 0.416 e. The topological polar surface area (TPSA) is 81.8 Å². The van der Waals surface area contributed by atoms with Crippen LogP contribution in [0.1, 0.15) is 25.3 Å². The Morgan fingerprint density at radius 3 is 2.44 bits per heavy atom. The number of halogens is 4. The van der Waals surface area contributed by atoms with Crippen molar-refractivity contribution in [2.75, 3.05) is 32.0 Å². The Morgan fingerprint density at radius 1 is 1.19 bits per heavy atom. The molecule has 1 saturated heterocycles. The number of nitrogens with one attached hydrogen (secondary N) is 2. The molecule has 3 rings (SSSR count). The summed E-state index contributed by atoms with van der Waals surface area (Å²) in [5.41, 5.74) is -1.43. The van der Waals surface area contributed by atoms with Crippen LogP contribution in [0.5, 0.6) is 0 Å². The van der Waals surface area contributed by atoms with Gasteiger partial charge in [0.25, 0.3) is 5.91 Å². The molecule has 1 aromatic carbocycles. The van der Waals surface area contributed by atoms with Crippen LogP contribution >= 0.6 is 0 Å². The fraction of sp³-hybridized carbons (Fsp3) is 0.500. The van der Waals surface area contributed by atoms with E-state index in [1.807, 2.05) is 0 Å². The fourth-order valence-corrected chi connectivity index (χ4v) is 5.11. The first-order valence-corrected chi connectivity index (χ1v) is 11.2. The molecule has 0 radical (unpaired) electrons. The molecule has 2 N–H and O–H groups in total. The van der Waals surface area contributed by atoms with Gasteiger partial charge >= 0.3 is 6.18 Å². The summed E-state index contributed by atoms with van der Waals surface area (Å²) in [6, 6.07) is 3.87. The quantitative estimate of drug-likeness (QED) is 0.640. The molecule has 7 nitrogen and oxygen atoms in total. The standard InChI is InChI=1S/C20H24F4N4O3S/c1-12(29)28-8-6-14(7-9-28)26-32(31)16-11-27(2)18(17(16)21)19(30)25-15-5-3-4-13(10-15)20(22,23)24/h3-5,10,14,16,26H,6-9,11H2,1-2H3,(H,25,30). The molecular weight excluding hydrogens is 452 g/mol. The number of amides is 2. The van der Waals surface area contributed by atoms with E-state index in [1.54, 1.807) is 4.90 Å². The zero-order chi connectivity index (χ0) is 23.6. The highest BCUT2D eigenvalue weighted by atomic mass is 32.2. The van der Waals surface area contributed by atoms with Gasteiger partial charge in [0.05, 0.1) is 5.56 Å². The van der Waals surface area contributed by atoms with Crippen molar-refractivity contribution in [2.45, 2.75) is 37.2 Å². The lowest BCUT2D eigenvalue weighted by atomic mass is 10.1. The van der Waals surface area contributed by atoms with Gasteiger partial charge in [-0.2, -0.15) is 13.2 Å². The van der Waals surface area contributed by atoms with Crippen LogP contribution in [0, 0.1) is 0 Å². The first-order chi connectivity index (χ1) is 15.0. The molecule has 32 heavy (non-hydrogen) atoms. The SMILES string of the molecule is CC(=O)N1CCC(NS(=O)C2CN(C)C(C(=O)Nc3cccc(C(F)(F)F)c3)=C2F)CC1. The van der Waals surface area contributed by atoms with Crippen molar-refractivity contribution in [2.24, 2.45) is 0 Å². The van der Waals surface area contributed by atoms with Crippen molar-refractivity contribution < 1.29 is 31.4 Å². The highest BCUT2D eigenvalue weighted by Crippen LogP contribution is 2.32. The predicted octanol–water partition coefficient (Wildman–Crippen LogP) is 2.40. The minimum atomic E-state index is -4.58. The highest BCUT2D eigenvalue weighted by molar-refractivity contribution is 7.84. The van der Waals surface area contributed by atoms with Crippen molar-refractivity contribution in [3.8, 4) is 0 Å². The van der Waals surface area contributed by atoms with Gasteiger partial charge in [-0.05, 0) is 31.0 Å². The Hall–Kier alpha value is -2.47. The van der Waals surface area contributed by atoms with Crippen LogP contribution in [-0.2, 0) is 26.8 Å². The van der Waals surface area contributed by atoms with Crippen LogP contribution in [0.15, 0.2) is 35.8 Å². The molecule has 2 unspecified atom stereocenters. The number of rotatable bonds is 5. The van der Waals surface area contributed by atoms with Crippen LogP contribution < -0.4 is 10.0 Å². The third-order valence-corrected chi connectivity index (χ3v) is 6.91. The number of hydrogen-bond acceptors (Lipinski definition) is 4. The third kappa shape index (κ3) is 5.47. The molecule has 0 aliphatic carbocycles. The van der Waals surface area contributed by atoms with Crippen LogP contribution in [-0.4, -0.2) is 63.8 Å². The number of anilines is 1. The molecule has 12 heteroatoms. The van der Waals surface area contributed by atoms with Crippen LogP contribution in [0.4, 0.5) is 23.2 Å². The summed E-state index contributed by atoms with van der Waals surface area (Å²) in [6.07, 6.45) is -3.44. The second-order valence-electron chi connectivity index (χ2n) is 7.79. The molecule has 0 aromatic heterocycles. The molecule has 1 aromatic rings. The maximum Gasteiger partial charge on any atom is 0.416 e. The summed E-state index contributed by atoms with van der Waals surface area (Å²) in [5.74, 6) is -1.84. The first-order valence-electron chi connectivity index (χ1n) is 9.99. The second-order valence-corrected chi connectivity index (χ2v) is 9.19. The van der Waals surface area contributed by atoms with Gasteiger partial charge in [-0.1, -0.05) is 6.07 Å². The molecule has 1 fully saturated rings. The van der Waals surface area contributed by atoms with Gasteiger partial charge in [-0.25, -0.2) is 13.3 Å². The fourth-order valence-electron chi connectivity index (χ4n) is 3.72. The summed E-state index contributed by atoms with van der Waals surface area (Å²) in [5, 5.41) is 1.19. The number of alkyl halides is 3. The van der Waals surface area contributed by atoms with Crippen molar-refractivity contribution in [3.05, 3.63) is 41.4 Å². The van der Waals surface area contributed by atoms with Crippen molar-refractivity contribution in [1.29, 1.82) is 0 Å². The van der Waals surface area contributed by atoms with E-state index in [4.69, 9.17) is 0 Å². The summed E-state index contributed by atoms with van der Waals surface area (Å²) >= 11 is 0. The van der Waals surface area contributed by atoms with Crippen molar-refractivity contribution in [3.63, 3.8) is 0 Å². The van der Waals surface area contributed by atoms with Gasteiger partial charge in [-0.15, -0.1) is 0 Å². The molecule has 176 valence electrons. The summed E-state index contributed by atoms with van der Waals surface area (Å²) in [4.78, 5) is 26.9. The Morgan fingerprint density at radius 2 is 1.84 bits per heavy atom. The van der Waals surface area contributed by atoms with E-state index in [-0.39, 0.29) is 29.9 Å². The molecule has 0 bridgehead atoms. The van der Waals surface area contributed by atoms with Gasteiger partial charge in [-0.3, -0.25) is 9.59 Å². The van der Waals surface area contributed by atoms with E-state index in [2.05, 4.69) is 10.0 Å². The van der Waals surface area contributed by atoms with Crippen molar-refractivity contribution in [1.82, 2.24) is 14.5 Å². The smallest absolute Gasteiger partial charge is 0.366 e. The first kappa shape index (κ1) is 24.2. The van der Waals surface area contributed by atoms with E-state index in [0.29, 0.717) is 25.9 Å². The number of hydrogen-bond donors (Lipinski definition) is 2. The van der Waals surface area contributed by atoms with E-state index in [1.165, 1.54) is 24.9 Å². The van der Waals surface area contributed by atoms with E-state index < -0.39 is 39.7 Å². The zero-order valence-electron chi connectivity index (χ0n) is 17.5. The van der Waals surface area contributed by atoms with Gasteiger partial charge in [0.1, 0.15) is 27.8 Å². The van der Waals surface area contributed by atoms with Gasteiger partial charge < -0.3 is 15.1 Å². The maximum atomic E-state index is 15.0. The molecule has 0 saturated carbocycles. The number of carbonyl (C=O) groups is 2. The number of benzene rings is 1. The number of likely N-dealkylation sites (N-methyl/N-ethyl adjacent to an activating group) is 1. The number of nitrogens with zero attached hydrogens (tertiary/aromatic N) is 2. The number of carbonyl (C=O) groups excluding carboxylic acids is 2. The van der Waals surface area contributed by atoms with Crippen molar-refractivity contribution >= 4 is 28.5 Å². The Kier molecular flexibility index (Phi) is 7.23. The third-order valence-electron chi connectivity index (χ3n) is 5.47. The molecule has 2 heterocycles. The van der Waals surface area contributed by atoms with Crippen LogP contribution in [0.25, 0.3) is 0 Å². The minimum Gasteiger partial charge on any atom is -0.366 e. The summed E-state index contributed by atoms with van der Waals surface area (Å²) in [7, 11) is -0.374. The monoisotopic (exact) mass is 476 g/mol. The maximum absolute atomic E-state index is 15.0. The lowest BCUT2D eigenvalue weighted by Crippen LogP contribution is -2.46. The van der Waals surface area contributed by atoms with Crippen LogP contribution in [0.2, 0.25) is 0 Å². The Bertz CT molecular complexity index is 945. The lowest BCUT2D eigenvalue weighted by molar-refractivity contribution is -0.137. The molecular formula is C20H24F4N4O3S. The molecule has 2 atom stereocenters. The summed E-state index contributed by atoms with van der Waals surface area (Å²) < 4.78 is 69.2. The lowest BCUT2D eigenvalue weighted by Gasteiger charge is -2.31. The van der Waals surface area contributed by atoms with Gasteiger partial charge in [0.2, 0.25) is 5.91 Å². The minimum absolute atomic E-state index is 0.0247. The summed E-state index contributed by atoms with van der Waals surface area (Å²) in [6.45, 7) is 2.48. The average Bonchev–Trinajstić information content (AvgIpc) is 3.02. The number of likely N-dealkylation sites (tertiary alicyclic amines) is 1. The van der Waals surface area contributed by atoms with Gasteiger partial charge in [0, 0.05) is 45.3 Å². The Balaban J connectivity index is 1.66. The van der Waals surface area contributed by atoms with E-state index >= 15 is 4.39 Å². The second kappa shape index (κ2) is 9.57. The molecule has 0 spiro atoms. The van der Waals surface area contributed by atoms with E-state index in [9.17, 15) is 27.0 Å².